The van der Waals surface area contributed by atoms with E-state index in [2.05, 4.69) is 4.98 Å². The van der Waals surface area contributed by atoms with E-state index in [0.29, 0.717) is 36.6 Å². The zero-order valence-corrected chi connectivity index (χ0v) is 13.1. The van der Waals surface area contributed by atoms with Crippen LogP contribution in [-0.4, -0.2) is 47.4 Å². The van der Waals surface area contributed by atoms with Gasteiger partial charge in [-0.05, 0) is 6.07 Å². The molecule has 0 bridgehead atoms. The number of ketones is 1. The normalized spacial score (nSPS) is 17.3. The number of nitrogens with one attached hydrogen (secondary N) is 1. The van der Waals surface area contributed by atoms with E-state index in [1.165, 1.54) is 12.3 Å². The Bertz CT molecular complexity index is 776. The summed E-state index contributed by atoms with van der Waals surface area (Å²) in [6.07, 6.45) is 1.71. The number of benzene rings is 1. The molecule has 1 N–H and O–H groups in total. The molecular weight excluding hydrogens is 306 g/mol. The van der Waals surface area contributed by atoms with Gasteiger partial charge in [-0.3, -0.25) is 9.59 Å². The third-order valence-corrected chi connectivity index (χ3v) is 4.05. The molecule has 1 aliphatic heterocycles. The number of aromatic amines is 1. The number of nitrogens with zero attached hydrogens (tertiary/aromatic N) is 2. The van der Waals surface area contributed by atoms with Crippen molar-refractivity contribution >= 4 is 11.7 Å². The second-order valence-electron chi connectivity index (χ2n) is 5.63. The van der Waals surface area contributed by atoms with Crippen LogP contribution in [0, 0.1) is 11.3 Å². The standard InChI is InChI=1S/C18H17N3O3/c19-10-13-8-16(20-11-13)18(23)21-6-7-24-12-15(21)9-17(22)14-4-2-1-3-5-14/h1-5,8,11,15,20H,6-7,9,12H2/t15-/m0/s1. The number of amides is 1. The lowest BCUT2D eigenvalue weighted by molar-refractivity contribution is -0.00307. The van der Waals surface area contributed by atoms with Crippen molar-refractivity contribution < 1.29 is 14.3 Å². The zero-order chi connectivity index (χ0) is 16.9. The van der Waals surface area contributed by atoms with Crippen molar-refractivity contribution in [2.45, 2.75) is 12.5 Å². The molecule has 0 unspecified atom stereocenters. The van der Waals surface area contributed by atoms with Gasteiger partial charge in [-0.2, -0.15) is 5.26 Å². The van der Waals surface area contributed by atoms with Crippen molar-refractivity contribution in [1.82, 2.24) is 9.88 Å². The fraction of sp³-hybridized carbons (Fsp3) is 0.278. The van der Waals surface area contributed by atoms with Crippen molar-refractivity contribution in [1.29, 1.82) is 5.26 Å². The summed E-state index contributed by atoms with van der Waals surface area (Å²) < 4.78 is 5.45. The largest absolute Gasteiger partial charge is 0.377 e. The minimum absolute atomic E-state index is 0.0203. The Morgan fingerprint density at radius 3 is 2.83 bits per heavy atom. The minimum atomic E-state index is -0.312. The van der Waals surface area contributed by atoms with Crippen molar-refractivity contribution in [2.24, 2.45) is 0 Å². The van der Waals surface area contributed by atoms with Crippen molar-refractivity contribution in [2.75, 3.05) is 19.8 Å². The Hall–Kier alpha value is -2.91. The second-order valence-corrected chi connectivity index (χ2v) is 5.63. The molecule has 1 aromatic carbocycles. The van der Waals surface area contributed by atoms with Gasteiger partial charge in [0, 0.05) is 24.7 Å². The molecule has 0 saturated carbocycles. The number of nitriles is 1. The highest BCUT2D eigenvalue weighted by Crippen LogP contribution is 2.17. The van der Waals surface area contributed by atoms with E-state index in [0.717, 1.165) is 0 Å². The van der Waals surface area contributed by atoms with Gasteiger partial charge in [0.25, 0.3) is 5.91 Å². The highest BCUT2D eigenvalue weighted by atomic mass is 16.5. The number of ether oxygens (including phenoxy) is 1. The molecule has 0 aliphatic carbocycles. The molecule has 1 saturated heterocycles. The average molecular weight is 323 g/mol. The molecule has 6 heteroatoms. The average Bonchev–Trinajstić information content (AvgIpc) is 3.11. The first kappa shape index (κ1) is 16.0. The van der Waals surface area contributed by atoms with Gasteiger partial charge in [-0.1, -0.05) is 30.3 Å². The molecule has 0 spiro atoms. The van der Waals surface area contributed by atoms with Crippen molar-refractivity contribution in [3.05, 3.63) is 59.4 Å². The topological polar surface area (TPSA) is 86.2 Å². The smallest absolute Gasteiger partial charge is 0.270 e. The van der Waals surface area contributed by atoms with Crippen LogP contribution in [-0.2, 0) is 4.74 Å². The highest BCUT2D eigenvalue weighted by molar-refractivity contribution is 5.97. The van der Waals surface area contributed by atoms with Crippen LogP contribution < -0.4 is 0 Å². The Kier molecular flexibility index (Phi) is 4.73. The molecule has 122 valence electrons. The fourth-order valence-electron chi connectivity index (χ4n) is 2.78. The quantitative estimate of drug-likeness (QED) is 0.872. The van der Waals surface area contributed by atoms with E-state index >= 15 is 0 Å². The van der Waals surface area contributed by atoms with Crippen LogP contribution >= 0.6 is 0 Å². The number of carbonyl (C=O) groups excluding carboxylic acids is 2. The highest BCUT2D eigenvalue weighted by Gasteiger charge is 2.30. The molecule has 3 rings (SSSR count). The van der Waals surface area contributed by atoms with E-state index in [1.54, 1.807) is 17.0 Å². The fourth-order valence-corrected chi connectivity index (χ4v) is 2.78. The summed E-state index contributed by atoms with van der Waals surface area (Å²) in [7, 11) is 0. The molecule has 1 fully saturated rings. The van der Waals surface area contributed by atoms with Crippen LogP contribution in [0.5, 0.6) is 0 Å². The number of carbonyl (C=O) groups is 2. The number of rotatable bonds is 4. The lowest BCUT2D eigenvalue weighted by atomic mass is 10.0. The number of Topliss-reactive ketones (excluding diaryl/α,β-unsaturated/α-hetero) is 1. The molecule has 6 nitrogen and oxygen atoms in total. The predicted octanol–water partition coefficient (Wildman–Crippen LogP) is 2.00. The minimum Gasteiger partial charge on any atom is -0.377 e. The van der Waals surface area contributed by atoms with E-state index in [1.807, 2.05) is 24.3 Å². The molecule has 2 aromatic rings. The number of hydrogen-bond acceptors (Lipinski definition) is 4. The van der Waals surface area contributed by atoms with Crippen LogP contribution in [0.2, 0.25) is 0 Å². The van der Waals surface area contributed by atoms with Gasteiger partial charge in [-0.25, -0.2) is 0 Å². The number of hydrogen-bond donors (Lipinski definition) is 1. The van der Waals surface area contributed by atoms with Gasteiger partial charge in [0.15, 0.2) is 5.78 Å². The first-order valence-corrected chi connectivity index (χ1v) is 7.74. The van der Waals surface area contributed by atoms with Gasteiger partial charge in [0.1, 0.15) is 11.8 Å². The zero-order valence-electron chi connectivity index (χ0n) is 13.1. The van der Waals surface area contributed by atoms with Crippen LogP contribution in [0.4, 0.5) is 0 Å². The second kappa shape index (κ2) is 7.11. The van der Waals surface area contributed by atoms with Crippen LogP contribution in [0.15, 0.2) is 42.6 Å². The van der Waals surface area contributed by atoms with Gasteiger partial charge < -0.3 is 14.6 Å². The third-order valence-electron chi connectivity index (χ3n) is 4.05. The predicted molar refractivity (Wildman–Crippen MR) is 86.5 cm³/mol. The maximum absolute atomic E-state index is 12.7. The molecule has 1 amide bonds. The van der Waals surface area contributed by atoms with E-state index in [9.17, 15) is 9.59 Å². The van der Waals surface area contributed by atoms with Crippen LogP contribution in [0.3, 0.4) is 0 Å². The van der Waals surface area contributed by atoms with Crippen LogP contribution in [0.25, 0.3) is 0 Å². The maximum Gasteiger partial charge on any atom is 0.270 e. The summed E-state index contributed by atoms with van der Waals surface area (Å²) in [6.45, 7) is 1.19. The first-order chi connectivity index (χ1) is 11.7. The first-order valence-electron chi connectivity index (χ1n) is 7.74. The summed E-state index contributed by atoms with van der Waals surface area (Å²) in [6, 6.07) is 12.2. The number of morpholine rings is 1. The SMILES string of the molecule is N#Cc1c[nH]c(C(=O)N2CCOC[C@@H]2CC(=O)c2ccccc2)c1. The summed E-state index contributed by atoms with van der Waals surface area (Å²) in [5.74, 6) is -0.237. The van der Waals surface area contributed by atoms with Gasteiger partial charge in [0.05, 0.1) is 24.8 Å². The maximum atomic E-state index is 12.7. The van der Waals surface area contributed by atoms with Crippen LogP contribution in [0.1, 0.15) is 32.8 Å². The van der Waals surface area contributed by atoms with Gasteiger partial charge >= 0.3 is 0 Å². The van der Waals surface area contributed by atoms with Crippen molar-refractivity contribution in [3.63, 3.8) is 0 Å². The lowest BCUT2D eigenvalue weighted by Gasteiger charge is -2.35. The number of H-pyrrole nitrogens is 1. The molecule has 1 aromatic heterocycles. The monoisotopic (exact) mass is 323 g/mol. The summed E-state index contributed by atoms with van der Waals surface area (Å²) >= 11 is 0. The molecular formula is C18H17N3O3. The van der Waals surface area contributed by atoms with Gasteiger partial charge in [0.2, 0.25) is 0 Å². The van der Waals surface area contributed by atoms with Crippen molar-refractivity contribution in [3.8, 4) is 6.07 Å². The van der Waals surface area contributed by atoms with E-state index < -0.39 is 0 Å². The third kappa shape index (κ3) is 3.36. The number of aromatic nitrogens is 1. The molecule has 0 radical (unpaired) electrons. The summed E-state index contributed by atoms with van der Waals surface area (Å²) in [5, 5.41) is 8.88. The van der Waals surface area contributed by atoms with E-state index in [4.69, 9.17) is 10.00 Å². The lowest BCUT2D eigenvalue weighted by Crippen LogP contribution is -2.49. The Morgan fingerprint density at radius 2 is 2.12 bits per heavy atom. The Balaban J connectivity index is 1.74. The molecule has 1 atom stereocenters. The molecule has 2 heterocycles. The molecule has 24 heavy (non-hydrogen) atoms. The molecule has 1 aliphatic rings. The Morgan fingerprint density at radius 1 is 1.33 bits per heavy atom. The van der Waals surface area contributed by atoms with Gasteiger partial charge in [-0.15, -0.1) is 0 Å². The Labute approximate surface area is 139 Å². The van der Waals surface area contributed by atoms with E-state index in [-0.39, 0.29) is 24.2 Å². The summed E-state index contributed by atoms with van der Waals surface area (Å²) in [4.78, 5) is 29.6. The summed E-state index contributed by atoms with van der Waals surface area (Å²) in [5.41, 5.74) is 1.39.